The van der Waals surface area contributed by atoms with Crippen LogP contribution in [0.2, 0.25) is 0 Å². The molecule has 3 aromatic rings. The standard InChI is InChI=1S/C18H21N7O.2ClH/c1-11-22-16(25-26-11)13-4-2-12(3-5-13)10-21-17-14-6-8-20-9-7-15(14)23-18(19)24-17;;/h2-5,20H,6-10H2,1H3,(H3,19,21,23,24);2*1H. The zero-order valence-corrected chi connectivity index (χ0v) is 17.1. The molecule has 0 amide bonds. The second kappa shape index (κ2) is 9.68. The summed E-state index contributed by atoms with van der Waals surface area (Å²) in [5, 5.41) is 10.7. The molecule has 4 rings (SSSR count). The number of hydrogen-bond donors (Lipinski definition) is 3. The molecule has 2 aromatic heterocycles. The number of hydrogen-bond acceptors (Lipinski definition) is 8. The van der Waals surface area contributed by atoms with Gasteiger partial charge in [0.25, 0.3) is 0 Å². The first-order valence-electron chi connectivity index (χ1n) is 8.68. The Hall–Kier alpha value is -2.42. The highest BCUT2D eigenvalue weighted by Gasteiger charge is 2.15. The number of rotatable bonds is 4. The number of nitrogen functional groups attached to an aromatic ring is 1. The fraction of sp³-hybridized carbons (Fsp3) is 0.333. The maximum atomic E-state index is 5.88. The zero-order valence-electron chi connectivity index (χ0n) is 15.4. The molecule has 0 atom stereocenters. The van der Waals surface area contributed by atoms with Crippen LogP contribution in [-0.4, -0.2) is 33.2 Å². The van der Waals surface area contributed by atoms with Crippen LogP contribution in [0.3, 0.4) is 0 Å². The summed E-state index contributed by atoms with van der Waals surface area (Å²) in [6.07, 6.45) is 1.77. The fourth-order valence-corrected chi connectivity index (χ4v) is 3.08. The van der Waals surface area contributed by atoms with Gasteiger partial charge in [0, 0.05) is 37.6 Å². The quantitative estimate of drug-likeness (QED) is 0.586. The average molecular weight is 424 g/mol. The summed E-state index contributed by atoms with van der Waals surface area (Å²) in [5.74, 6) is 2.30. The SMILES string of the molecule is Cc1nc(-c2ccc(CNc3nc(N)nc4c3CCNCC4)cc2)no1.Cl.Cl. The highest BCUT2D eigenvalue weighted by Crippen LogP contribution is 2.22. The summed E-state index contributed by atoms with van der Waals surface area (Å²) >= 11 is 0. The molecule has 1 aliphatic heterocycles. The van der Waals surface area contributed by atoms with Crippen molar-refractivity contribution in [1.29, 1.82) is 0 Å². The maximum absolute atomic E-state index is 5.88. The number of anilines is 2. The van der Waals surface area contributed by atoms with Crippen molar-refractivity contribution in [1.82, 2.24) is 25.4 Å². The van der Waals surface area contributed by atoms with Gasteiger partial charge in [-0.2, -0.15) is 9.97 Å². The maximum Gasteiger partial charge on any atom is 0.223 e. The van der Waals surface area contributed by atoms with Crippen molar-refractivity contribution >= 4 is 36.6 Å². The summed E-state index contributed by atoms with van der Waals surface area (Å²) in [6.45, 7) is 4.27. The molecule has 8 nitrogen and oxygen atoms in total. The van der Waals surface area contributed by atoms with Crippen molar-refractivity contribution in [2.24, 2.45) is 0 Å². The summed E-state index contributed by atoms with van der Waals surface area (Å²) in [5.41, 5.74) is 10.1. The number of aryl methyl sites for hydroxylation is 1. The van der Waals surface area contributed by atoms with Gasteiger partial charge < -0.3 is 20.9 Å². The first-order valence-corrected chi connectivity index (χ1v) is 8.68. The Morgan fingerprint density at radius 3 is 2.54 bits per heavy atom. The summed E-state index contributed by atoms with van der Waals surface area (Å²) < 4.78 is 5.02. The van der Waals surface area contributed by atoms with Crippen molar-refractivity contribution in [3.63, 3.8) is 0 Å². The molecule has 3 heterocycles. The highest BCUT2D eigenvalue weighted by atomic mass is 35.5. The predicted octanol–water partition coefficient (Wildman–Crippen LogP) is 2.56. The van der Waals surface area contributed by atoms with Gasteiger partial charge in [0.2, 0.25) is 17.7 Å². The van der Waals surface area contributed by atoms with Crippen LogP contribution in [0.4, 0.5) is 11.8 Å². The second-order valence-electron chi connectivity index (χ2n) is 6.29. The number of nitrogens with two attached hydrogens (primary N) is 1. The number of nitrogens with zero attached hydrogens (tertiary/aromatic N) is 4. The first-order chi connectivity index (χ1) is 12.7. The fourth-order valence-electron chi connectivity index (χ4n) is 3.08. The molecule has 0 aliphatic carbocycles. The van der Waals surface area contributed by atoms with E-state index in [4.69, 9.17) is 10.3 Å². The number of nitrogens with one attached hydrogen (secondary N) is 2. The smallest absolute Gasteiger partial charge is 0.223 e. The minimum atomic E-state index is 0. The van der Waals surface area contributed by atoms with Crippen LogP contribution in [0, 0.1) is 6.92 Å². The third kappa shape index (κ3) is 4.89. The van der Waals surface area contributed by atoms with E-state index < -0.39 is 0 Å². The Morgan fingerprint density at radius 2 is 1.82 bits per heavy atom. The zero-order chi connectivity index (χ0) is 17.9. The molecule has 0 bridgehead atoms. The largest absolute Gasteiger partial charge is 0.368 e. The Labute approximate surface area is 175 Å². The number of halogens is 2. The minimum Gasteiger partial charge on any atom is -0.368 e. The lowest BCUT2D eigenvalue weighted by atomic mass is 10.1. The predicted molar refractivity (Wildman–Crippen MR) is 113 cm³/mol. The molecule has 28 heavy (non-hydrogen) atoms. The molecule has 0 radical (unpaired) electrons. The highest BCUT2D eigenvalue weighted by molar-refractivity contribution is 5.85. The molecular formula is C18H23Cl2N7O. The van der Waals surface area contributed by atoms with E-state index in [2.05, 4.69) is 30.7 Å². The van der Waals surface area contributed by atoms with Gasteiger partial charge in [-0.3, -0.25) is 0 Å². The van der Waals surface area contributed by atoms with E-state index in [1.165, 1.54) is 0 Å². The molecule has 0 saturated carbocycles. The van der Waals surface area contributed by atoms with Crippen LogP contribution in [0.25, 0.3) is 11.4 Å². The van der Waals surface area contributed by atoms with Crippen LogP contribution in [0.15, 0.2) is 28.8 Å². The average Bonchev–Trinajstić information content (AvgIpc) is 2.94. The molecule has 10 heteroatoms. The Bertz CT molecular complexity index is 915. The van der Waals surface area contributed by atoms with Crippen LogP contribution in [0.5, 0.6) is 0 Å². The molecule has 0 fully saturated rings. The van der Waals surface area contributed by atoms with Crippen molar-refractivity contribution in [3.8, 4) is 11.4 Å². The molecular weight excluding hydrogens is 401 g/mol. The van der Waals surface area contributed by atoms with Crippen molar-refractivity contribution in [2.45, 2.75) is 26.3 Å². The summed E-state index contributed by atoms with van der Waals surface area (Å²) in [6, 6.07) is 8.05. The first kappa shape index (κ1) is 21.9. The lowest BCUT2D eigenvalue weighted by Crippen LogP contribution is -2.16. The van der Waals surface area contributed by atoms with E-state index in [1.54, 1.807) is 6.92 Å². The van der Waals surface area contributed by atoms with Gasteiger partial charge in [0.1, 0.15) is 5.82 Å². The van der Waals surface area contributed by atoms with E-state index >= 15 is 0 Å². The van der Waals surface area contributed by atoms with E-state index in [0.717, 1.165) is 54.1 Å². The van der Waals surface area contributed by atoms with Gasteiger partial charge in [-0.05, 0) is 18.5 Å². The van der Waals surface area contributed by atoms with Gasteiger partial charge in [-0.15, -0.1) is 24.8 Å². The topological polar surface area (TPSA) is 115 Å². The van der Waals surface area contributed by atoms with Crippen LogP contribution >= 0.6 is 24.8 Å². The van der Waals surface area contributed by atoms with Crippen molar-refractivity contribution in [3.05, 3.63) is 47.0 Å². The lowest BCUT2D eigenvalue weighted by Gasteiger charge is -2.13. The Balaban J connectivity index is 0.00000140. The van der Waals surface area contributed by atoms with Crippen molar-refractivity contribution < 1.29 is 4.52 Å². The minimum absolute atomic E-state index is 0. The van der Waals surface area contributed by atoms with Crippen molar-refractivity contribution in [2.75, 3.05) is 24.1 Å². The van der Waals surface area contributed by atoms with Gasteiger partial charge >= 0.3 is 0 Å². The van der Waals surface area contributed by atoms with Crippen LogP contribution < -0.4 is 16.4 Å². The molecule has 1 aliphatic rings. The van der Waals surface area contributed by atoms with Crippen LogP contribution in [0.1, 0.15) is 22.7 Å². The van der Waals surface area contributed by atoms with Gasteiger partial charge in [0.05, 0.1) is 5.69 Å². The summed E-state index contributed by atoms with van der Waals surface area (Å²) in [7, 11) is 0. The number of fused-ring (bicyclic) bond motifs is 1. The lowest BCUT2D eigenvalue weighted by molar-refractivity contribution is 0.394. The van der Waals surface area contributed by atoms with E-state index in [9.17, 15) is 0 Å². The van der Waals surface area contributed by atoms with E-state index in [-0.39, 0.29) is 24.8 Å². The second-order valence-corrected chi connectivity index (χ2v) is 6.29. The van der Waals surface area contributed by atoms with Crippen LogP contribution in [-0.2, 0) is 19.4 Å². The summed E-state index contributed by atoms with van der Waals surface area (Å²) in [4.78, 5) is 13.0. The molecule has 1 aromatic carbocycles. The molecule has 0 saturated heterocycles. The molecule has 4 N–H and O–H groups in total. The van der Waals surface area contributed by atoms with E-state index in [1.807, 2.05) is 24.3 Å². The normalized spacial score (nSPS) is 12.9. The molecule has 150 valence electrons. The van der Waals surface area contributed by atoms with E-state index in [0.29, 0.717) is 24.2 Å². The molecule has 0 unspecified atom stereocenters. The molecule has 0 spiro atoms. The van der Waals surface area contributed by atoms with Gasteiger partial charge in [-0.25, -0.2) is 4.98 Å². The number of benzene rings is 1. The third-order valence-corrected chi connectivity index (χ3v) is 4.40. The Kier molecular flexibility index (Phi) is 7.56. The van der Waals surface area contributed by atoms with Gasteiger partial charge in [-0.1, -0.05) is 29.4 Å². The van der Waals surface area contributed by atoms with Gasteiger partial charge in [0.15, 0.2) is 0 Å². The monoisotopic (exact) mass is 423 g/mol. The number of aromatic nitrogens is 4. The Morgan fingerprint density at radius 1 is 1.07 bits per heavy atom. The third-order valence-electron chi connectivity index (χ3n) is 4.40.